The molecule has 0 aliphatic heterocycles. The van der Waals surface area contributed by atoms with Crippen molar-refractivity contribution in [2.45, 2.75) is 26.3 Å². The van der Waals surface area contributed by atoms with Gasteiger partial charge < -0.3 is 10.3 Å². The minimum absolute atomic E-state index is 0.0818. The van der Waals surface area contributed by atoms with Crippen molar-refractivity contribution < 1.29 is 4.79 Å². The molecular formula is C14H17N3O. The zero-order chi connectivity index (χ0) is 13.0. The van der Waals surface area contributed by atoms with Crippen molar-refractivity contribution in [3.05, 3.63) is 53.6 Å². The summed E-state index contributed by atoms with van der Waals surface area (Å²) in [6.07, 6.45) is 3.40. The fraction of sp³-hybridized carbons (Fsp3) is 0.286. The Bertz CT molecular complexity index is 500. The summed E-state index contributed by atoms with van der Waals surface area (Å²) in [6.45, 7) is 4.68. The fourth-order valence-electron chi connectivity index (χ4n) is 1.68. The van der Waals surface area contributed by atoms with Crippen LogP contribution in [0.1, 0.15) is 41.5 Å². The van der Waals surface area contributed by atoms with E-state index < -0.39 is 0 Å². The van der Waals surface area contributed by atoms with Gasteiger partial charge in [-0.05, 0) is 23.6 Å². The van der Waals surface area contributed by atoms with Gasteiger partial charge in [-0.15, -0.1) is 0 Å². The minimum atomic E-state index is -0.0818. The normalized spacial score (nSPS) is 10.6. The number of carbonyl (C=O) groups is 1. The molecule has 0 atom stereocenters. The average molecular weight is 243 g/mol. The molecule has 2 aromatic rings. The van der Waals surface area contributed by atoms with E-state index in [1.165, 1.54) is 5.56 Å². The monoisotopic (exact) mass is 243 g/mol. The summed E-state index contributed by atoms with van der Waals surface area (Å²) in [4.78, 5) is 18.9. The van der Waals surface area contributed by atoms with E-state index in [0.717, 1.165) is 5.82 Å². The molecule has 0 aliphatic carbocycles. The molecule has 0 saturated heterocycles. The highest BCUT2D eigenvalue weighted by Gasteiger charge is 2.06. The third kappa shape index (κ3) is 2.97. The van der Waals surface area contributed by atoms with Gasteiger partial charge in [0.2, 0.25) is 0 Å². The first-order valence-corrected chi connectivity index (χ1v) is 6.03. The van der Waals surface area contributed by atoms with E-state index in [1.54, 1.807) is 12.4 Å². The summed E-state index contributed by atoms with van der Waals surface area (Å²) < 4.78 is 0. The Hall–Kier alpha value is -2.10. The molecule has 1 heterocycles. The number of aromatic nitrogens is 2. The van der Waals surface area contributed by atoms with Crippen LogP contribution < -0.4 is 5.32 Å². The summed E-state index contributed by atoms with van der Waals surface area (Å²) >= 11 is 0. The Balaban J connectivity index is 1.96. The van der Waals surface area contributed by atoms with Crippen molar-refractivity contribution in [2.75, 3.05) is 0 Å². The molecule has 0 unspecified atom stereocenters. The molecule has 0 saturated carbocycles. The molecule has 18 heavy (non-hydrogen) atoms. The second kappa shape index (κ2) is 5.49. The number of benzene rings is 1. The first-order valence-electron chi connectivity index (χ1n) is 6.03. The molecule has 1 amide bonds. The Labute approximate surface area is 106 Å². The molecule has 0 radical (unpaired) electrons. The maximum absolute atomic E-state index is 11.9. The largest absolute Gasteiger partial charge is 0.347 e. The van der Waals surface area contributed by atoms with Crippen LogP contribution in [0.2, 0.25) is 0 Å². The predicted molar refractivity (Wildman–Crippen MR) is 70.3 cm³/mol. The van der Waals surface area contributed by atoms with Crippen LogP contribution in [-0.2, 0) is 6.54 Å². The van der Waals surface area contributed by atoms with Crippen molar-refractivity contribution in [3.63, 3.8) is 0 Å². The number of aromatic amines is 1. The highest BCUT2D eigenvalue weighted by Crippen LogP contribution is 2.14. The van der Waals surface area contributed by atoms with Gasteiger partial charge in [0, 0.05) is 18.0 Å². The second-order valence-corrected chi connectivity index (χ2v) is 4.50. The van der Waals surface area contributed by atoms with Crippen molar-refractivity contribution >= 4 is 5.91 Å². The molecule has 2 rings (SSSR count). The standard InChI is InChI=1S/C14H17N3O/c1-10(2)11-3-5-12(6-4-11)14(18)17-9-13-15-7-8-16-13/h3-8,10H,9H2,1-2H3,(H,15,16)(H,17,18). The third-order valence-electron chi connectivity index (χ3n) is 2.81. The number of nitrogens with one attached hydrogen (secondary N) is 2. The lowest BCUT2D eigenvalue weighted by Gasteiger charge is -2.07. The molecular weight excluding hydrogens is 226 g/mol. The van der Waals surface area contributed by atoms with Gasteiger partial charge in [0.1, 0.15) is 5.82 Å². The lowest BCUT2D eigenvalue weighted by Crippen LogP contribution is -2.23. The van der Waals surface area contributed by atoms with Crippen LogP contribution in [0, 0.1) is 0 Å². The SMILES string of the molecule is CC(C)c1ccc(C(=O)NCc2ncc[nH]2)cc1. The Morgan fingerprint density at radius 3 is 2.61 bits per heavy atom. The van der Waals surface area contributed by atoms with E-state index in [9.17, 15) is 4.79 Å². The van der Waals surface area contributed by atoms with Gasteiger partial charge in [0.05, 0.1) is 6.54 Å². The van der Waals surface area contributed by atoms with Gasteiger partial charge in [-0.1, -0.05) is 26.0 Å². The number of hydrogen-bond donors (Lipinski definition) is 2. The first-order chi connectivity index (χ1) is 8.66. The van der Waals surface area contributed by atoms with Crippen LogP contribution in [0.25, 0.3) is 0 Å². The maximum Gasteiger partial charge on any atom is 0.251 e. The summed E-state index contributed by atoms with van der Waals surface area (Å²) in [6, 6.07) is 7.69. The number of amides is 1. The Morgan fingerprint density at radius 2 is 2.06 bits per heavy atom. The Kier molecular flexibility index (Phi) is 3.77. The molecule has 1 aromatic heterocycles. The fourth-order valence-corrected chi connectivity index (χ4v) is 1.68. The van der Waals surface area contributed by atoms with E-state index >= 15 is 0 Å². The highest BCUT2D eigenvalue weighted by atomic mass is 16.1. The van der Waals surface area contributed by atoms with E-state index in [4.69, 9.17) is 0 Å². The van der Waals surface area contributed by atoms with Gasteiger partial charge in [-0.3, -0.25) is 4.79 Å². The van der Waals surface area contributed by atoms with Crippen molar-refractivity contribution in [1.82, 2.24) is 15.3 Å². The van der Waals surface area contributed by atoms with E-state index in [-0.39, 0.29) is 5.91 Å². The van der Waals surface area contributed by atoms with Gasteiger partial charge in [-0.25, -0.2) is 4.98 Å². The van der Waals surface area contributed by atoms with Gasteiger partial charge in [0.15, 0.2) is 0 Å². The van der Waals surface area contributed by atoms with Gasteiger partial charge >= 0.3 is 0 Å². The number of carbonyl (C=O) groups excluding carboxylic acids is 1. The first kappa shape index (κ1) is 12.4. The summed E-state index contributed by atoms with van der Waals surface area (Å²) in [5.74, 6) is 1.15. The van der Waals surface area contributed by atoms with E-state index in [2.05, 4.69) is 29.1 Å². The number of hydrogen-bond acceptors (Lipinski definition) is 2. The van der Waals surface area contributed by atoms with Crippen LogP contribution in [0.3, 0.4) is 0 Å². The predicted octanol–water partition coefficient (Wildman–Crippen LogP) is 2.46. The third-order valence-corrected chi connectivity index (χ3v) is 2.81. The summed E-state index contributed by atoms with van der Waals surface area (Å²) in [5.41, 5.74) is 1.91. The topological polar surface area (TPSA) is 57.8 Å². The Morgan fingerprint density at radius 1 is 1.33 bits per heavy atom. The van der Waals surface area contributed by atoms with Crippen LogP contribution in [0.5, 0.6) is 0 Å². The lowest BCUT2D eigenvalue weighted by atomic mass is 10.0. The average Bonchev–Trinajstić information content (AvgIpc) is 2.89. The van der Waals surface area contributed by atoms with Crippen LogP contribution >= 0.6 is 0 Å². The van der Waals surface area contributed by atoms with Crippen molar-refractivity contribution in [3.8, 4) is 0 Å². The molecule has 94 valence electrons. The van der Waals surface area contributed by atoms with Crippen molar-refractivity contribution in [2.24, 2.45) is 0 Å². The second-order valence-electron chi connectivity index (χ2n) is 4.50. The molecule has 1 aromatic carbocycles. The molecule has 4 heteroatoms. The zero-order valence-electron chi connectivity index (χ0n) is 10.6. The van der Waals surface area contributed by atoms with Crippen LogP contribution in [0.15, 0.2) is 36.7 Å². The van der Waals surface area contributed by atoms with E-state index in [0.29, 0.717) is 18.0 Å². The molecule has 0 fully saturated rings. The lowest BCUT2D eigenvalue weighted by molar-refractivity contribution is 0.0950. The molecule has 4 nitrogen and oxygen atoms in total. The zero-order valence-corrected chi connectivity index (χ0v) is 10.6. The highest BCUT2D eigenvalue weighted by molar-refractivity contribution is 5.94. The van der Waals surface area contributed by atoms with Gasteiger partial charge in [0.25, 0.3) is 5.91 Å². The van der Waals surface area contributed by atoms with Crippen LogP contribution in [0.4, 0.5) is 0 Å². The van der Waals surface area contributed by atoms with E-state index in [1.807, 2.05) is 24.3 Å². The minimum Gasteiger partial charge on any atom is -0.347 e. The number of rotatable bonds is 4. The maximum atomic E-state index is 11.9. The quantitative estimate of drug-likeness (QED) is 0.866. The summed E-state index contributed by atoms with van der Waals surface area (Å²) in [7, 11) is 0. The number of nitrogens with zero attached hydrogens (tertiary/aromatic N) is 1. The molecule has 2 N–H and O–H groups in total. The smallest absolute Gasteiger partial charge is 0.251 e. The molecule has 0 spiro atoms. The van der Waals surface area contributed by atoms with Crippen molar-refractivity contribution in [1.29, 1.82) is 0 Å². The van der Waals surface area contributed by atoms with Gasteiger partial charge in [-0.2, -0.15) is 0 Å². The van der Waals surface area contributed by atoms with Crippen LogP contribution in [-0.4, -0.2) is 15.9 Å². The summed E-state index contributed by atoms with van der Waals surface area (Å²) in [5, 5.41) is 2.82. The number of imidazole rings is 1. The molecule has 0 aliphatic rings. The number of H-pyrrole nitrogens is 1. The molecule has 0 bridgehead atoms.